The van der Waals surface area contributed by atoms with E-state index in [0.717, 1.165) is 11.8 Å². The minimum atomic E-state index is -0.271. The largest absolute Gasteiger partial charge is 0.465 e. The Labute approximate surface area is 161 Å². The van der Waals surface area contributed by atoms with Gasteiger partial charge in [0.25, 0.3) is 0 Å². The maximum Gasteiger partial charge on any atom is 0.337 e. The van der Waals surface area contributed by atoms with Crippen molar-refractivity contribution in [3.63, 3.8) is 0 Å². The van der Waals surface area contributed by atoms with E-state index in [4.69, 9.17) is 4.74 Å². The van der Waals surface area contributed by atoms with Gasteiger partial charge in [0, 0.05) is 5.69 Å². The highest BCUT2D eigenvalue weighted by Crippen LogP contribution is 2.64. The molecular formula is C24H27NO2. The van der Waals surface area contributed by atoms with E-state index in [2.05, 4.69) is 43.4 Å². The molecule has 0 amide bonds. The van der Waals surface area contributed by atoms with Gasteiger partial charge in [0.05, 0.1) is 18.7 Å². The smallest absolute Gasteiger partial charge is 0.337 e. The summed E-state index contributed by atoms with van der Waals surface area (Å²) in [6.07, 6.45) is 4.12. The molecule has 2 saturated carbocycles. The molecule has 2 bridgehead atoms. The first-order valence-electron chi connectivity index (χ1n) is 10.1. The van der Waals surface area contributed by atoms with E-state index < -0.39 is 0 Å². The molecule has 0 aromatic heterocycles. The number of methoxy groups -OCH3 is 1. The van der Waals surface area contributed by atoms with Crippen molar-refractivity contribution in [3.05, 3.63) is 64.2 Å². The molecule has 3 aliphatic rings. The van der Waals surface area contributed by atoms with E-state index >= 15 is 0 Å². The van der Waals surface area contributed by atoms with E-state index in [0.29, 0.717) is 23.4 Å². The second-order valence-electron chi connectivity index (χ2n) is 8.64. The molecule has 3 heteroatoms. The normalized spacial score (nSPS) is 30.4. The number of hydrogen-bond donors (Lipinski definition) is 1. The van der Waals surface area contributed by atoms with Gasteiger partial charge in [-0.3, -0.25) is 0 Å². The highest BCUT2D eigenvalue weighted by atomic mass is 16.5. The first-order valence-corrected chi connectivity index (χ1v) is 10.1. The van der Waals surface area contributed by atoms with E-state index in [1.54, 1.807) is 0 Å². The summed E-state index contributed by atoms with van der Waals surface area (Å²) < 4.78 is 4.85. The fraction of sp³-hybridized carbons (Fsp3) is 0.458. The summed E-state index contributed by atoms with van der Waals surface area (Å²) in [7, 11) is 1.43. The molecule has 2 aromatic rings. The number of ether oxygens (including phenoxy) is 1. The van der Waals surface area contributed by atoms with Crippen molar-refractivity contribution in [2.24, 2.45) is 17.8 Å². The Hall–Kier alpha value is -2.29. The van der Waals surface area contributed by atoms with Crippen molar-refractivity contribution >= 4 is 11.7 Å². The summed E-state index contributed by atoms with van der Waals surface area (Å²) in [6, 6.07) is 13.0. The molecule has 1 N–H and O–H groups in total. The minimum absolute atomic E-state index is 0.271. The average molecular weight is 361 g/mol. The van der Waals surface area contributed by atoms with Gasteiger partial charge in [-0.2, -0.15) is 0 Å². The van der Waals surface area contributed by atoms with Crippen LogP contribution in [0, 0.1) is 31.6 Å². The van der Waals surface area contributed by atoms with Crippen LogP contribution in [0.25, 0.3) is 0 Å². The van der Waals surface area contributed by atoms with Gasteiger partial charge in [0.1, 0.15) is 0 Å². The van der Waals surface area contributed by atoms with Crippen LogP contribution >= 0.6 is 0 Å². The molecule has 3 nitrogen and oxygen atoms in total. The van der Waals surface area contributed by atoms with E-state index in [1.165, 1.54) is 54.3 Å². The van der Waals surface area contributed by atoms with Gasteiger partial charge in [-0.05, 0) is 91.2 Å². The van der Waals surface area contributed by atoms with Gasteiger partial charge in [-0.15, -0.1) is 0 Å². The van der Waals surface area contributed by atoms with E-state index in [9.17, 15) is 4.79 Å². The molecule has 1 heterocycles. The summed E-state index contributed by atoms with van der Waals surface area (Å²) in [6.45, 7) is 4.44. The maximum absolute atomic E-state index is 11.8. The number of rotatable bonds is 2. The molecule has 2 aliphatic carbocycles. The fourth-order valence-corrected chi connectivity index (χ4v) is 6.08. The van der Waals surface area contributed by atoms with Gasteiger partial charge in [-0.1, -0.05) is 24.3 Å². The zero-order valence-corrected chi connectivity index (χ0v) is 16.3. The lowest BCUT2D eigenvalue weighted by Crippen LogP contribution is -2.36. The zero-order valence-electron chi connectivity index (χ0n) is 16.3. The van der Waals surface area contributed by atoms with Crippen LogP contribution in [0.3, 0.4) is 0 Å². The minimum Gasteiger partial charge on any atom is -0.465 e. The first kappa shape index (κ1) is 16.9. The molecule has 5 rings (SSSR count). The molecule has 2 fully saturated rings. The Balaban J connectivity index is 1.58. The van der Waals surface area contributed by atoms with Crippen LogP contribution in [0.15, 0.2) is 36.4 Å². The quantitative estimate of drug-likeness (QED) is 0.729. The number of carbonyl (C=O) groups is 1. The molecule has 2 aromatic carbocycles. The molecule has 0 unspecified atom stereocenters. The molecular weight excluding hydrogens is 334 g/mol. The molecule has 27 heavy (non-hydrogen) atoms. The second kappa shape index (κ2) is 6.12. The Kier molecular flexibility index (Phi) is 3.82. The summed E-state index contributed by atoms with van der Waals surface area (Å²) in [5.74, 6) is 2.70. The van der Waals surface area contributed by atoms with Crippen molar-refractivity contribution in [2.75, 3.05) is 12.4 Å². The van der Waals surface area contributed by atoms with Crippen molar-refractivity contribution < 1.29 is 9.53 Å². The number of hydrogen-bond acceptors (Lipinski definition) is 3. The predicted molar refractivity (Wildman–Crippen MR) is 107 cm³/mol. The summed E-state index contributed by atoms with van der Waals surface area (Å²) in [5.41, 5.74) is 7.53. The number of carbonyl (C=O) groups excluding carboxylic acids is 1. The number of anilines is 1. The third-order valence-electron chi connectivity index (χ3n) is 7.48. The number of benzene rings is 2. The lowest BCUT2D eigenvalue weighted by atomic mass is 9.67. The third-order valence-corrected chi connectivity index (χ3v) is 7.48. The van der Waals surface area contributed by atoms with Crippen LogP contribution in [-0.4, -0.2) is 13.1 Å². The van der Waals surface area contributed by atoms with Crippen LogP contribution in [0.2, 0.25) is 0 Å². The summed E-state index contributed by atoms with van der Waals surface area (Å²) >= 11 is 0. The molecule has 1 aliphatic heterocycles. The third kappa shape index (κ3) is 2.44. The van der Waals surface area contributed by atoms with Gasteiger partial charge < -0.3 is 10.1 Å². The van der Waals surface area contributed by atoms with Gasteiger partial charge in [-0.25, -0.2) is 4.79 Å². The van der Waals surface area contributed by atoms with Gasteiger partial charge in [0.15, 0.2) is 0 Å². The summed E-state index contributed by atoms with van der Waals surface area (Å²) in [4.78, 5) is 11.8. The Morgan fingerprint density at radius 2 is 1.78 bits per heavy atom. The Morgan fingerprint density at radius 1 is 1.04 bits per heavy atom. The highest BCUT2D eigenvalue weighted by molar-refractivity contribution is 5.89. The van der Waals surface area contributed by atoms with Crippen molar-refractivity contribution in [1.82, 2.24) is 0 Å². The van der Waals surface area contributed by atoms with Crippen molar-refractivity contribution in [2.45, 2.75) is 45.1 Å². The van der Waals surface area contributed by atoms with Crippen LogP contribution < -0.4 is 5.32 Å². The Bertz CT molecular complexity index is 901. The monoisotopic (exact) mass is 361 g/mol. The molecule has 0 radical (unpaired) electrons. The topological polar surface area (TPSA) is 38.3 Å². The van der Waals surface area contributed by atoms with Crippen molar-refractivity contribution in [3.8, 4) is 0 Å². The van der Waals surface area contributed by atoms with Crippen LogP contribution in [0.1, 0.15) is 63.8 Å². The fourth-order valence-electron chi connectivity index (χ4n) is 6.08. The van der Waals surface area contributed by atoms with Gasteiger partial charge in [0.2, 0.25) is 0 Å². The van der Waals surface area contributed by atoms with Gasteiger partial charge >= 0.3 is 5.97 Å². The first-order chi connectivity index (χ1) is 13.1. The van der Waals surface area contributed by atoms with E-state index in [-0.39, 0.29) is 5.97 Å². The number of esters is 1. The number of fused-ring (bicyclic) bond motifs is 7. The lowest BCUT2D eigenvalue weighted by molar-refractivity contribution is 0.0600. The molecule has 5 atom stereocenters. The van der Waals surface area contributed by atoms with Crippen molar-refractivity contribution in [1.29, 1.82) is 0 Å². The van der Waals surface area contributed by atoms with E-state index in [1.807, 2.05) is 12.1 Å². The lowest BCUT2D eigenvalue weighted by Gasteiger charge is -2.44. The predicted octanol–water partition coefficient (Wildman–Crippen LogP) is 5.39. The highest BCUT2D eigenvalue weighted by Gasteiger charge is 2.53. The zero-order chi connectivity index (χ0) is 18.7. The SMILES string of the molecule is COC(=O)c1ccc([C@@H]2Nc3c(ccc(C)c3C)[C@@H]3[C@H]4CC[C@@H](C4)[C@@H]32)cc1. The van der Waals surface area contributed by atoms with Crippen LogP contribution in [0.5, 0.6) is 0 Å². The summed E-state index contributed by atoms with van der Waals surface area (Å²) in [5, 5.41) is 3.93. The average Bonchev–Trinajstić information content (AvgIpc) is 3.32. The number of nitrogens with one attached hydrogen (secondary N) is 1. The number of aryl methyl sites for hydroxylation is 1. The molecule has 0 spiro atoms. The van der Waals surface area contributed by atoms with Crippen LogP contribution in [0.4, 0.5) is 5.69 Å². The standard InChI is InChI=1S/C24H27NO2/c1-13-4-11-19-20-17-9-10-18(12-17)21(20)23(25-22(19)14(13)2)15-5-7-16(8-6-15)24(26)27-3/h4-8,11,17-18,20-21,23,25H,9-10,12H2,1-3H3/t17-,18-,20-,21-,23-/m0/s1. The molecule has 0 saturated heterocycles. The van der Waals surface area contributed by atoms with Crippen LogP contribution in [-0.2, 0) is 4.74 Å². The maximum atomic E-state index is 11.8. The second-order valence-corrected chi connectivity index (χ2v) is 8.64. The molecule has 140 valence electrons. The Morgan fingerprint density at radius 3 is 2.52 bits per heavy atom.